The third-order valence-corrected chi connectivity index (χ3v) is 4.99. The molecule has 0 spiro atoms. The standard InChI is InChI=1S/C12H12ClOP/c13-14-15(11-7-3-1-4-8-11)12-9-5-2-6-10-12/h1-10H,15H2. The van der Waals surface area contributed by atoms with Crippen LogP contribution in [0.1, 0.15) is 0 Å². The van der Waals surface area contributed by atoms with Gasteiger partial charge < -0.3 is 0 Å². The summed E-state index contributed by atoms with van der Waals surface area (Å²) in [5.74, 6) is 0. The van der Waals surface area contributed by atoms with Crippen LogP contribution < -0.4 is 10.6 Å². The van der Waals surface area contributed by atoms with Gasteiger partial charge in [-0.25, -0.2) is 0 Å². The first-order chi connectivity index (χ1) is 7.42. The van der Waals surface area contributed by atoms with Gasteiger partial charge in [-0.15, -0.1) is 0 Å². The summed E-state index contributed by atoms with van der Waals surface area (Å²) in [4.78, 5) is 0. The quantitative estimate of drug-likeness (QED) is 0.747. The topological polar surface area (TPSA) is 9.23 Å². The summed E-state index contributed by atoms with van der Waals surface area (Å²) in [6.07, 6.45) is 0. The van der Waals surface area contributed by atoms with Crippen molar-refractivity contribution in [1.82, 2.24) is 0 Å². The van der Waals surface area contributed by atoms with Crippen LogP contribution in [0.2, 0.25) is 0 Å². The van der Waals surface area contributed by atoms with Crippen LogP contribution in [-0.4, -0.2) is 0 Å². The monoisotopic (exact) mass is 238 g/mol. The van der Waals surface area contributed by atoms with E-state index in [2.05, 4.69) is 24.3 Å². The van der Waals surface area contributed by atoms with E-state index in [1.54, 1.807) is 0 Å². The molecule has 0 aliphatic carbocycles. The average molecular weight is 239 g/mol. The van der Waals surface area contributed by atoms with Crippen molar-refractivity contribution >= 4 is 30.6 Å². The van der Waals surface area contributed by atoms with Gasteiger partial charge in [0, 0.05) is 0 Å². The van der Waals surface area contributed by atoms with Crippen molar-refractivity contribution in [2.24, 2.45) is 0 Å². The minimum absolute atomic E-state index is 1.19. The summed E-state index contributed by atoms with van der Waals surface area (Å²) in [5.41, 5.74) is 0. The van der Waals surface area contributed by atoms with Gasteiger partial charge in [0.1, 0.15) is 0 Å². The van der Waals surface area contributed by atoms with Gasteiger partial charge >= 0.3 is 95.4 Å². The molecule has 15 heavy (non-hydrogen) atoms. The Balaban J connectivity index is 2.34. The fourth-order valence-electron chi connectivity index (χ4n) is 1.55. The van der Waals surface area contributed by atoms with Crippen LogP contribution in [-0.2, 0) is 4.08 Å². The SMILES string of the molecule is ClO[PH2](c1ccccc1)c1ccccc1. The van der Waals surface area contributed by atoms with E-state index >= 15 is 0 Å². The Labute approximate surface area is 95.7 Å². The molecule has 0 bridgehead atoms. The minimum atomic E-state index is -1.66. The molecule has 0 unspecified atom stereocenters. The van der Waals surface area contributed by atoms with E-state index in [1.165, 1.54) is 10.6 Å². The van der Waals surface area contributed by atoms with E-state index in [-0.39, 0.29) is 0 Å². The second-order valence-electron chi connectivity index (χ2n) is 3.29. The molecule has 0 amide bonds. The molecule has 1 nitrogen and oxygen atoms in total. The predicted molar refractivity (Wildman–Crippen MR) is 68.8 cm³/mol. The summed E-state index contributed by atoms with van der Waals surface area (Å²) in [6, 6.07) is 20.3. The van der Waals surface area contributed by atoms with Crippen molar-refractivity contribution in [3.05, 3.63) is 60.7 Å². The Bertz CT molecular complexity index is 365. The molecule has 0 atom stereocenters. The Hall–Kier alpha value is -0.880. The molecule has 0 radical (unpaired) electrons. The molecule has 2 aromatic carbocycles. The molecule has 78 valence electrons. The summed E-state index contributed by atoms with van der Waals surface area (Å²) >= 11 is 5.60. The second-order valence-corrected chi connectivity index (χ2v) is 6.10. The van der Waals surface area contributed by atoms with Gasteiger partial charge in [-0.05, 0) is 0 Å². The van der Waals surface area contributed by atoms with Crippen molar-refractivity contribution < 1.29 is 4.08 Å². The zero-order chi connectivity index (χ0) is 10.5. The molecular formula is C12H12ClOP. The fourth-order valence-corrected chi connectivity index (χ4v) is 3.90. The van der Waals surface area contributed by atoms with E-state index in [4.69, 9.17) is 15.9 Å². The Morgan fingerprint density at radius 1 is 0.733 bits per heavy atom. The van der Waals surface area contributed by atoms with Gasteiger partial charge in [0.25, 0.3) is 0 Å². The molecule has 0 N–H and O–H groups in total. The van der Waals surface area contributed by atoms with Crippen LogP contribution in [0.15, 0.2) is 60.7 Å². The van der Waals surface area contributed by atoms with E-state index in [9.17, 15) is 0 Å². The molecule has 0 aromatic heterocycles. The predicted octanol–water partition coefficient (Wildman–Crippen LogP) is 2.67. The molecular weight excluding hydrogens is 227 g/mol. The Kier molecular flexibility index (Phi) is 3.74. The molecule has 0 saturated carbocycles. The van der Waals surface area contributed by atoms with Crippen molar-refractivity contribution in [3.63, 3.8) is 0 Å². The second kappa shape index (κ2) is 5.27. The van der Waals surface area contributed by atoms with Crippen LogP contribution in [0.3, 0.4) is 0 Å². The summed E-state index contributed by atoms with van der Waals surface area (Å²) in [6.45, 7) is 0. The zero-order valence-corrected chi connectivity index (χ0v) is 10.0. The van der Waals surface area contributed by atoms with Gasteiger partial charge in [-0.1, -0.05) is 0 Å². The number of rotatable bonds is 3. The molecule has 0 saturated heterocycles. The van der Waals surface area contributed by atoms with Gasteiger partial charge in [-0.2, -0.15) is 0 Å². The maximum atomic E-state index is 5.60. The van der Waals surface area contributed by atoms with Gasteiger partial charge in [-0.3, -0.25) is 0 Å². The normalized spacial score (nSPS) is 11.1. The first-order valence-electron chi connectivity index (χ1n) is 4.79. The van der Waals surface area contributed by atoms with E-state index in [0.717, 1.165) is 0 Å². The Morgan fingerprint density at radius 3 is 1.47 bits per heavy atom. The van der Waals surface area contributed by atoms with Crippen LogP contribution in [0.25, 0.3) is 0 Å². The van der Waals surface area contributed by atoms with Crippen LogP contribution in [0.5, 0.6) is 0 Å². The van der Waals surface area contributed by atoms with Crippen LogP contribution in [0.4, 0.5) is 0 Å². The van der Waals surface area contributed by atoms with Crippen LogP contribution in [0, 0.1) is 0 Å². The van der Waals surface area contributed by atoms with E-state index < -0.39 is 8.15 Å². The number of hydrogen-bond donors (Lipinski definition) is 0. The molecule has 2 aromatic rings. The van der Waals surface area contributed by atoms with E-state index in [1.807, 2.05) is 36.4 Å². The Morgan fingerprint density at radius 2 is 1.13 bits per heavy atom. The van der Waals surface area contributed by atoms with Crippen molar-refractivity contribution in [1.29, 1.82) is 0 Å². The first-order valence-corrected chi connectivity index (χ1v) is 6.72. The summed E-state index contributed by atoms with van der Waals surface area (Å²) < 4.78 is 5.13. The number of benzene rings is 2. The number of hydrogen-bond acceptors (Lipinski definition) is 1. The van der Waals surface area contributed by atoms with Crippen molar-refractivity contribution in [2.45, 2.75) is 0 Å². The van der Waals surface area contributed by atoms with Crippen molar-refractivity contribution in [3.8, 4) is 0 Å². The molecule has 0 fully saturated rings. The van der Waals surface area contributed by atoms with Crippen molar-refractivity contribution in [2.75, 3.05) is 0 Å². The van der Waals surface area contributed by atoms with Crippen LogP contribution >= 0.6 is 20.0 Å². The molecule has 0 heterocycles. The number of halogens is 1. The third kappa shape index (κ3) is 2.57. The average Bonchev–Trinajstić information content (AvgIpc) is 2.33. The van der Waals surface area contributed by atoms with Gasteiger partial charge in [0.15, 0.2) is 0 Å². The summed E-state index contributed by atoms with van der Waals surface area (Å²) in [7, 11) is -1.66. The molecule has 2 rings (SSSR count). The fraction of sp³-hybridized carbons (Fsp3) is 0. The van der Waals surface area contributed by atoms with E-state index in [0.29, 0.717) is 0 Å². The first kappa shape index (κ1) is 10.6. The third-order valence-electron chi connectivity index (χ3n) is 2.29. The van der Waals surface area contributed by atoms with Gasteiger partial charge in [0.05, 0.1) is 0 Å². The van der Waals surface area contributed by atoms with Gasteiger partial charge in [0.2, 0.25) is 0 Å². The zero-order valence-electron chi connectivity index (χ0n) is 8.14. The summed E-state index contributed by atoms with van der Waals surface area (Å²) in [5, 5.41) is 2.39. The molecule has 0 aliphatic heterocycles. The molecule has 3 heteroatoms. The molecule has 0 aliphatic rings. The maximum absolute atomic E-state index is 5.60.